The Kier molecular flexibility index (Phi) is 4.41. The lowest BCUT2D eigenvalue weighted by Crippen LogP contribution is -2.22. The highest BCUT2D eigenvalue weighted by Gasteiger charge is 2.12. The van der Waals surface area contributed by atoms with Crippen LogP contribution in [0.3, 0.4) is 0 Å². The third-order valence-electron chi connectivity index (χ3n) is 3.09. The number of urea groups is 1. The summed E-state index contributed by atoms with van der Waals surface area (Å²) in [4.78, 5) is 10.7. The van der Waals surface area contributed by atoms with Gasteiger partial charge in [-0.1, -0.05) is 0 Å². The molecule has 4 N–H and O–H groups in total. The maximum Gasteiger partial charge on any atom is 0.316 e. The lowest BCUT2D eigenvalue weighted by molar-refractivity contribution is 0.0699. The molecule has 0 radical (unpaired) electrons. The quantitative estimate of drug-likeness (QED) is 0.764. The molecule has 1 aromatic carbocycles. The van der Waals surface area contributed by atoms with Gasteiger partial charge in [0.25, 0.3) is 0 Å². The molecule has 0 unspecified atom stereocenters. The van der Waals surface area contributed by atoms with Gasteiger partial charge < -0.3 is 21.1 Å². The van der Waals surface area contributed by atoms with Crippen molar-refractivity contribution in [2.45, 2.75) is 12.8 Å². The van der Waals surface area contributed by atoms with Crippen LogP contribution in [0.4, 0.5) is 16.2 Å². The zero-order valence-electron chi connectivity index (χ0n) is 10.3. The van der Waals surface area contributed by atoms with E-state index in [0.29, 0.717) is 11.6 Å². The largest absolute Gasteiger partial charge is 0.385 e. The number of benzene rings is 1. The van der Waals surface area contributed by atoms with Crippen molar-refractivity contribution in [3.63, 3.8) is 0 Å². The number of hydrogen-bond donors (Lipinski definition) is 3. The zero-order chi connectivity index (χ0) is 12.8. The number of nitrogens with one attached hydrogen (secondary N) is 2. The molecule has 0 atom stereocenters. The van der Waals surface area contributed by atoms with E-state index < -0.39 is 6.03 Å². The van der Waals surface area contributed by atoms with Crippen molar-refractivity contribution in [3.8, 4) is 0 Å². The third-order valence-corrected chi connectivity index (χ3v) is 3.09. The summed E-state index contributed by atoms with van der Waals surface area (Å²) in [5.41, 5.74) is 6.80. The first kappa shape index (κ1) is 12.7. The Hall–Kier alpha value is -1.75. The van der Waals surface area contributed by atoms with E-state index in [1.807, 2.05) is 24.3 Å². The number of anilines is 2. The van der Waals surface area contributed by atoms with Gasteiger partial charge in [-0.3, -0.25) is 0 Å². The van der Waals surface area contributed by atoms with E-state index in [1.165, 1.54) is 0 Å². The van der Waals surface area contributed by atoms with Gasteiger partial charge in [-0.2, -0.15) is 0 Å². The molecule has 2 amide bonds. The van der Waals surface area contributed by atoms with Crippen LogP contribution < -0.4 is 16.4 Å². The number of nitrogens with two attached hydrogens (primary N) is 1. The van der Waals surface area contributed by atoms with Crippen molar-refractivity contribution < 1.29 is 9.53 Å². The van der Waals surface area contributed by atoms with Gasteiger partial charge in [0.05, 0.1) is 0 Å². The summed E-state index contributed by atoms with van der Waals surface area (Å²) in [5, 5.41) is 5.93. The molecule has 0 spiro atoms. The molecule has 1 heterocycles. The molecule has 0 aliphatic carbocycles. The Morgan fingerprint density at radius 1 is 1.22 bits per heavy atom. The molecular weight excluding hydrogens is 230 g/mol. The Bertz CT molecular complexity index is 386. The number of hydrogen-bond acceptors (Lipinski definition) is 3. The minimum Gasteiger partial charge on any atom is -0.385 e. The average Bonchev–Trinajstić information content (AvgIpc) is 2.38. The maximum absolute atomic E-state index is 10.7. The minimum atomic E-state index is -0.544. The van der Waals surface area contributed by atoms with Crippen LogP contribution in [0.2, 0.25) is 0 Å². The molecule has 18 heavy (non-hydrogen) atoms. The predicted octanol–water partition coefficient (Wildman–Crippen LogP) is 2.02. The van der Waals surface area contributed by atoms with E-state index in [2.05, 4.69) is 10.6 Å². The van der Waals surface area contributed by atoms with Crippen LogP contribution in [-0.4, -0.2) is 25.8 Å². The molecule has 98 valence electrons. The molecule has 1 aliphatic rings. The van der Waals surface area contributed by atoms with Crippen LogP contribution in [0.1, 0.15) is 12.8 Å². The number of rotatable bonds is 4. The smallest absolute Gasteiger partial charge is 0.316 e. The highest BCUT2D eigenvalue weighted by molar-refractivity contribution is 5.87. The van der Waals surface area contributed by atoms with Crippen molar-refractivity contribution in [1.29, 1.82) is 0 Å². The Morgan fingerprint density at radius 3 is 2.44 bits per heavy atom. The van der Waals surface area contributed by atoms with E-state index in [0.717, 1.165) is 38.3 Å². The molecule has 2 rings (SSSR count). The highest BCUT2D eigenvalue weighted by Crippen LogP contribution is 2.17. The normalized spacial score (nSPS) is 16.2. The second kappa shape index (κ2) is 6.26. The molecule has 5 nitrogen and oxygen atoms in total. The van der Waals surface area contributed by atoms with Gasteiger partial charge in [-0.15, -0.1) is 0 Å². The van der Waals surface area contributed by atoms with Gasteiger partial charge in [0, 0.05) is 31.1 Å². The van der Waals surface area contributed by atoms with Crippen LogP contribution in [0.5, 0.6) is 0 Å². The number of amides is 2. The van der Waals surface area contributed by atoms with Crippen LogP contribution in [-0.2, 0) is 4.74 Å². The molecule has 1 aliphatic heterocycles. The monoisotopic (exact) mass is 249 g/mol. The number of carbonyl (C=O) groups excluding carboxylic acids is 1. The van der Waals surface area contributed by atoms with E-state index in [9.17, 15) is 4.79 Å². The summed E-state index contributed by atoms with van der Waals surface area (Å²) in [6.45, 7) is 2.70. The van der Waals surface area contributed by atoms with Crippen molar-refractivity contribution in [1.82, 2.24) is 0 Å². The summed E-state index contributed by atoms with van der Waals surface area (Å²) < 4.78 is 5.32. The molecule has 0 bridgehead atoms. The first-order valence-corrected chi connectivity index (χ1v) is 6.22. The topological polar surface area (TPSA) is 76.4 Å². The number of primary amides is 1. The second-order valence-electron chi connectivity index (χ2n) is 4.50. The SMILES string of the molecule is NC(=O)Nc1ccc(NCC2CCOCC2)cc1. The highest BCUT2D eigenvalue weighted by atomic mass is 16.5. The first-order valence-electron chi connectivity index (χ1n) is 6.22. The third kappa shape index (κ3) is 3.92. The Balaban J connectivity index is 1.80. The summed E-state index contributed by atoms with van der Waals surface area (Å²) >= 11 is 0. The molecule has 1 saturated heterocycles. The van der Waals surface area contributed by atoms with Gasteiger partial charge in [0.1, 0.15) is 0 Å². The number of carbonyl (C=O) groups is 1. The average molecular weight is 249 g/mol. The van der Waals surface area contributed by atoms with E-state index >= 15 is 0 Å². The second-order valence-corrected chi connectivity index (χ2v) is 4.50. The van der Waals surface area contributed by atoms with Crippen LogP contribution in [0.25, 0.3) is 0 Å². The fourth-order valence-corrected chi connectivity index (χ4v) is 2.03. The predicted molar refractivity (Wildman–Crippen MR) is 71.7 cm³/mol. The molecule has 1 fully saturated rings. The van der Waals surface area contributed by atoms with Crippen LogP contribution >= 0.6 is 0 Å². The molecular formula is C13H19N3O2. The molecule has 5 heteroatoms. The maximum atomic E-state index is 10.7. The molecule has 0 saturated carbocycles. The van der Waals surface area contributed by atoms with E-state index in [-0.39, 0.29) is 0 Å². The van der Waals surface area contributed by atoms with Gasteiger partial charge in [-0.05, 0) is 43.0 Å². The summed E-state index contributed by atoms with van der Waals surface area (Å²) in [6, 6.07) is 6.99. The van der Waals surface area contributed by atoms with E-state index in [4.69, 9.17) is 10.5 Å². The lowest BCUT2D eigenvalue weighted by Gasteiger charge is -2.22. The van der Waals surface area contributed by atoms with Crippen molar-refractivity contribution in [2.24, 2.45) is 11.7 Å². The number of ether oxygens (including phenoxy) is 1. The zero-order valence-corrected chi connectivity index (χ0v) is 10.3. The summed E-state index contributed by atoms with van der Waals surface area (Å²) in [6.07, 6.45) is 2.24. The minimum absolute atomic E-state index is 0.544. The Labute approximate surface area is 107 Å². The summed E-state index contributed by atoms with van der Waals surface area (Å²) in [7, 11) is 0. The van der Waals surface area contributed by atoms with Gasteiger partial charge >= 0.3 is 6.03 Å². The van der Waals surface area contributed by atoms with Gasteiger partial charge in [0.15, 0.2) is 0 Å². The van der Waals surface area contributed by atoms with Crippen molar-refractivity contribution in [3.05, 3.63) is 24.3 Å². The van der Waals surface area contributed by atoms with Gasteiger partial charge in [-0.25, -0.2) is 4.79 Å². The standard InChI is InChI=1S/C13H19N3O2/c14-13(17)16-12-3-1-11(2-4-12)15-9-10-5-7-18-8-6-10/h1-4,10,15H,5-9H2,(H3,14,16,17). The van der Waals surface area contributed by atoms with Gasteiger partial charge in [0.2, 0.25) is 0 Å². The van der Waals surface area contributed by atoms with Crippen LogP contribution in [0.15, 0.2) is 24.3 Å². The van der Waals surface area contributed by atoms with Crippen LogP contribution in [0, 0.1) is 5.92 Å². The fraction of sp³-hybridized carbons (Fsp3) is 0.462. The lowest BCUT2D eigenvalue weighted by atomic mass is 10.0. The molecule has 1 aromatic rings. The molecule has 0 aromatic heterocycles. The first-order chi connectivity index (χ1) is 8.74. The Morgan fingerprint density at radius 2 is 1.83 bits per heavy atom. The van der Waals surface area contributed by atoms with E-state index in [1.54, 1.807) is 0 Å². The summed E-state index contributed by atoms with van der Waals surface area (Å²) in [5.74, 6) is 0.683. The fourth-order valence-electron chi connectivity index (χ4n) is 2.03. The van der Waals surface area contributed by atoms with Crippen molar-refractivity contribution in [2.75, 3.05) is 30.4 Å². The van der Waals surface area contributed by atoms with Crippen molar-refractivity contribution >= 4 is 17.4 Å².